The second-order valence-corrected chi connectivity index (χ2v) is 7.82. The molecule has 0 spiro atoms. The van der Waals surface area contributed by atoms with E-state index in [1.807, 2.05) is 27.7 Å². The zero-order chi connectivity index (χ0) is 16.9. The third-order valence-electron chi connectivity index (χ3n) is 3.65. The van der Waals surface area contributed by atoms with Crippen molar-refractivity contribution in [3.05, 3.63) is 0 Å². The third kappa shape index (κ3) is 6.46. The number of esters is 2. The molecule has 0 aliphatic rings. The number of rotatable bonds is 6. The molecular weight excluding hydrogens is 272 g/mol. The molecule has 1 unspecified atom stereocenters. The van der Waals surface area contributed by atoms with Crippen LogP contribution in [0.4, 0.5) is 0 Å². The highest BCUT2D eigenvalue weighted by molar-refractivity contribution is 5.80. The molecule has 0 rings (SSSR count). The molecule has 0 aromatic rings. The lowest BCUT2D eigenvalue weighted by atomic mass is 9.61. The van der Waals surface area contributed by atoms with Gasteiger partial charge in [-0.3, -0.25) is 4.79 Å². The molecule has 0 radical (unpaired) electrons. The lowest BCUT2D eigenvalue weighted by Gasteiger charge is -2.43. The summed E-state index contributed by atoms with van der Waals surface area (Å²) in [6.07, 6.45) is 0.662. The summed E-state index contributed by atoms with van der Waals surface area (Å²) < 4.78 is 14.5. The van der Waals surface area contributed by atoms with E-state index in [1.165, 1.54) is 7.11 Å². The number of carbonyl (C=O) groups is 2. The standard InChI is InChI=1S/C16H30O5/c1-14(2,3)10-16(7,15(4,5)6)13(18)20-9-12(17)21-11-19-8/h9-11H2,1-8H3. The fraction of sp³-hybridized carbons (Fsp3) is 0.875. The van der Waals surface area contributed by atoms with E-state index in [1.54, 1.807) is 0 Å². The van der Waals surface area contributed by atoms with E-state index in [4.69, 9.17) is 9.47 Å². The lowest BCUT2D eigenvalue weighted by Crippen LogP contribution is -2.44. The summed E-state index contributed by atoms with van der Waals surface area (Å²) in [6.45, 7) is 13.6. The second-order valence-electron chi connectivity index (χ2n) is 7.82. The van der Waals surface area contributed by atoms with Crippen molar-refractivity contribution in [2.45, 2.75) is 54.9 Å². The highest BCUT2D eigenvalue weighted by Gasteiger charge is 2.47. The van der Waals surface area contributed by atoms with Gasteiger partial charge in [-0.15, -0.1) is 0 Å². The Hall–Kier alpha value is -1.10. The molecule has 5 heteroatoms. The molecule has 0 N–H and O–H groups in total. The van der Waals surface area contributed by atoms with Crippen molar-refractivity contribution >= 4 is 11.9 Å². The molecule has 0 bridgehead atoms. The van der Waals surface area contributed by atoms with Crippen molar-refractivity contribution in [3.63, 3.8) is 0 Å². The minimum atomic E-state index is -0.688. The van der Waals surface area contributed by atoms with Crippen molar-refractivity contribution < 1.29 is 23.8 Å². The molecule has 0 aromatic heterocycles. The van der Waals surface area contributed by atoms with Gasteiger partial charge in [0.15, 0.2) is 13.4 Å². The number of methoxy groups -OCH3 is 1. The molecule has 0 aromatic carbocycles. The molecule has 5 nitrogen and oxygen atoms in total. The Morgan fingerprint density at radius 2 is 1.43 bits per heavy atom. The first-order valence-corrected chi connectivity index (χ1v) is 7.15. The molecule has 0 amide bonds. The minimum absolute atomic E-state index is 0.0301. The summed E-state index contributed by atoms with van der Waals surface area (Å²) in [5.41, 5.74) is -1.00. The molecule has 21 heavy (non-hydrogen) atoms. The molecule has 0 heterocycles. The highest BCUT2D eigenvalue weighted by Crippen LogP contribution is 2.47. The van der Waals surface area contributed by atoms with Crippen LogP contribution >= 0.6 is 0 Å². The van der Waals surface area contributed by atoms with Gasteiger partial charge in [0.1, 0.15) is 0 Å². The van der Waals surface area contributed by atoms with Crippen LogP contribution in [0.2, 0.25) is 0 Å². The predicted molar refractivity (Wildman–Crippen MR) is 80.6 cm³/mol. The van der Waals surface area contributed by atoms with Crippen LogP contribution in [0.25, 0.3) is 0 Å². The fourth-order valence-electron chi connectivity index (χ4n) is 2.15. The van der Waals surface area contributed by atoms with E-state index in [0.29, 0.717) is 6.42 Å². The van der Waals surface area contributed by atoms with Crippen molar-refractivity contribution in [2.24, 2.45) is 16.2 Å². The molecule has 1 atom stereocenters. The van der Waals surface area contributed by atoms with Crippen molar-refractivity contribution in [1.29, 1.82) is 0 Å². The first-order valence-electron chi connectivity index (χ1n) is 7.15. The first kappa shape index (κ1) is 19.9. The van der Waals surface area contributed by atoms with Gasteiger partial charge < -0.3 is 14.2 Å². The van der Waals surface area contributed by atoms with Crippen LogP contribution in [0.15, 0.2) is 0 Å². The summed E-state index contributed by atoms with van der Waals surface area (Å²) in [4.78, 5) is 23.9. The summed E-state index contributed by atoms with van der Waals surface area (Å²) >= 11 is 0. The average Bonchev–Trinajstić information content (AvgIpc) is 2.29. The van der Waals surface area contributed by atoms with Crippen molar-refractivity contribution in [3.8, 4) is 0 Å². The van der Waals surface area contributed by atoms with Gasteiger partial charge in [-0.05, 0) is 24.2 Å². The van der Waals surface area contributed by atoms with Gasteiger partial charge in [-0.25, -0.2) is 4.79 Å². The largest absolute Gasteiger partial charge is 0.453 e. The first-order chi connectivity index (χ1) is 9.33. The SMILES string of the molecule is COCOC(=O)COC(=O)C(C)(CC(C)(C)C)C(C)(C)C. The minimum Gasteiger partial charge on any atom is -0.453 e. The van der Waals surface area contributed by atoms with E-state index in [9.17, 15) is 9.59 Å². The quantitative estimate of drug-likeness (QED) is 0.557. The van der Waals surface area contributed by atoms with Crippen LogP contribution in [-0.4, -0.2) is 32.4 Å². The third-order valence-corrected chi connectivity index (χ3v) is 3.65. The van der Waals surface area contributed by atoms with Gasteiger partial charge in [0, 0.05) is 7.11 Å². The van der Waals surface area contributed by atoms with Crippen LogP contribution in [0.5, 0.6) is 0 Å². The molecule has 0 saturated heterocycles. The van der Waals surface area contributed by atoms with Gasteiger partial charge in [-0.2, -0.15) is 0 Å². The van der Waals surface area contributed by atoms with E-state index in [2.05, 4.69) is 25.5 Å². The summed E-state index contributed by atoms with van der Waals surface area (Å²) in [5, 5.41) is 0. The van der Waals surface area contributed by atoms with Gasteiger partial charge in [0.25, 0.3) is 0 Å². The van der Waals surface area contributed by atoms with Gasteiger partial charge in [0.05, 0.1) is 5.41 Å². The smallest absolute Gasteiger partial charge is 0.346 e. The van der Waals surface area contributed by atoms with Gasteiger partial charge in [-0.1, -0.05) is 41.5 Å². The average molecular weight is 302 g/mol. The van der Waals surface area contributed by atoms with Crippen LogP contribution in [0.1, 0.15) is 54.9 Å². The van der Waals surface area contributed by atoms with Gasteiger partial charge in [0.2, 0.25) is 0 Å². The Morgan fingerprint density at radius 1 is 0.905 bits per heavy atom. The second kappa shape index (κ2) is 7.25. The predicted octanol–water partition coefficient (Wildman–Crippen LogP) is 3.17. The maximum Gasteiger partial charge on any atom is 0.346 e. The maximum atomic E-state index is 12.5. The fourth-order valence-corrected chi connectivity index (χ4v) is 2.15. The highest BCUT2D eigenvalue weighted by atomic mass is 16.7. The monoisotopic (exact) mass is 302 g/mol. The summed E-state index contributed by atoms with van der Waals surface area (Å²) in [6, 6.07) is 0. The van der Waals surface area contributed by atoms with Crippen LogP contribution in [-0.2, 0) is 23.8 Å². The van der Waals surface area contributed by atoms with Crippen LogP contribution < -0.4 is 0 Å². The normalized spacial score (nSPS) is 15.2. The van der Waals surface area contributed by atoms with E-state index >= 15 is 0 Å². The van der Waals surface area contributed by atoms with E-state index in [-0.39, 0.29) is 23.6 Å². The summed E-state index contributed by atoms with van der Waals surface area (Å²) in [7, 11) is 1.42. The maximum absolute atomic E-state index is 12.5. The Morgan fingerprint density at radius 3 is 1.81 bits per heavy atom. The number of ether oxygens (including phenoxy) is 3. The number of hydrogen-bond acceptors (Lipinski definition) is 5. The molecule has 0 saturated carbocycles. The topological polar surface area (TPSA) is 61.8 Å². The Kier molecular flexibility index (Phi) is 6.87. The van der Waals surface area contributed by atoms with Gasteiger partial charge >= 0.3 is 11.9 Å². The van der Waals surface area contributed by atoms with E-state index < -0.39 is 18.0 Å². The van der Waals surface area contributed by atoms with Crippen LogP contribution in [0.3, 0.4) is 0 Å². The number of carbonyl (C=O) groups excluding carboxylic acids is 2. The zero-order valence-electron chi connectivity index (χ0n) is 14.7. The lowest BCUT2D eigenvalue weighted by molar-refractivity contribution is -0.175. The van der Waals surface area contributed by atoms with Crippen LogP contribution in [0, 0.1) is 16.2 Å². The Balaban J connectivity index is 4.88. The Bertz CT molecular complexity index is 362. The van der Waals surface area contributed by atoms with Crippen molar-refractivity contribution in [2.75, 3.05) is 20.5 Å². The van der Waals surface area contributed by atoms with E-state index in [0.717, 1.165) is 0 Å². The zero-order valence-corrected chi connectivity index (χ0v) is 14.7. The summed E-state index contributed by atoms with van der Waals surface area (Å²) in [5.74, 6) is -0.989. The molecule has 0 aliphatic heterocycles. The number of hydrogen-bond donors (Lipinski definition) is 0. The van der Waals surface area contributed by atoms with Crippen molar-refractivity contribution in [1.82, 2.24) is 0 Å². The molecule has 124 valence electrons. The molecular formula is C16H30O5. The Labute approximate surface area is 128 Å². The molecule has 0 aliphatic carbocycles. The molecule has 0 fully saturated rings.